The van der Waals surface area contributed by atoms with E-state index in [4.69, 9.17) is 0 Å². The molecule has 2 rings (SSSR count). The van der Waals surface area contributed by atoms with Crippen molar-refractivity contribution in [3.63, 3.8) is 0 Å². The Morgan fingerprint density at radius 3 is 2.30 bits per heavy atom. The highest BCUT2D eigenvalue weighted by Crippen LogP contribution is 2.18. The number of aliphatic hydroxyl groups excluding tert-OH is 1. The molecule has 0 saturated carbocycles. The zero-order valence-electron chi connectivity index (χ0n) is 12.8. The van der Waals surface area contributed by atoms with Gasteiger partial charge >= 0.3 is 6.03 Å². The van der Waals surface area contributed by atoms with Gasteiger partial charge in [-0.25, -0.2) is 13.6 Å². The van der Waals surface area contributed by atoms with Crippen molar-refractivity contribution in [2.45, 2.75) is 26.0 Å². The first-order valence-electron chi connectivity index (χ1n) is 7.14. The number of benzene rings is 2. The molecule has 2 unspecified atom stereocenters. The van der Waals surface area contributed by atoms with Gasteiger partial charge in [0.15, 0.2) is 0 Å². The van der Waals surface area contributed by atoms with Crippen LogP contribution in [0.25, 0.3) is 0 Å². The van der Waals surface area contributed by atoms with E-state index in [1.54, 1.807) is 13.8 Å². The lowest BCUT2D eigenvalue weighted by Gasteiger charge is -2.21. The number of halogens is 2. The summed E-state index contributed by atoms with van der Waals surface area (Å²) >= 11 is 0. The molecule has 0 radical (unpaired) electrons. The molecule has 0 fully saturated rings. The average molecular weight is 320 g/mol. The van der Waals surface area contributed by atoms with E-state index in [1.165, 1.54) is 42.5 Å². The molecule has 0 spiro atoms. The van der Waals surface area contributed by atoms with E-state index in [2.05, 4.69) is 10.6 Å². The van der Waals surface area contributed by atoms with Gasteiger partial charge in [-0.2, -0.15) is 0 Å². The van der Waals surface area contributed by atoms with Gasteiger partial charge in [0.25, 0.3) is 0 Å². The summed E-state index contributed by atoms with van der Waals surface area (Å²) in [6.07, 6.45) is -0.976. The van der Waals surface area contributed by atoms with Crippen molar-refractivity contribution in [3.8, 4) is 0 Å². The van der Waals surface area contributed by atoms with Crippen LogP contribution in [0.3, 0.4) is 0 Å². The quantitative estimate of drug-likeness (QED) is 0.807. The highest BCUT2D eigenvalue weighted by atomic mass is 19.1. The van der Waals surface area contributed by atoms with Crippen LogP contribution in [0.15, 0.2) is 42.5 Å². The third-order valence-electron chi connectivity index (χ3n) is 3.48. The monoisotopic (exact) mass is 320 g/mol. The van der Waals surface area contributed by atoms with Crippen molar-refractivity contribution in [2.75, 3.05) is 5.32 Å². The van der Waals surface area contributed by atoms with E-state index in [-0.39, 0.29) is 5.82 Å². The topological polar surface area (TPSA) is 61.4 Å². The third-order valence-corrected chi connectivity index (χ3v) is 3.48. The normalized spacial score (nSPS) is 13.3. The number of hydrogen-bond donors (Lipinski definition) is 3. The molecule has 3 N–H and O–H groups in total. The van der Waals surface area contributed by atoms with Gasteiger partial charge in [-0.3, -0.25) is 0 Å². The maximum atomic E-state index is 13.0. The summed E-state index contributed by atoms with van der Waals surface area (Å²) in [5, 5.41) is 15.4. The first-order valence-corrected chi connectivity index (χ1v) is 7.14. The van der Waals surface area contributed by atoms with Crippen LogP contribution in [0, 0.1) is 18.6 Å². The maximum absolute atomic E-state index is 13.0. The van der Waals surface area contributed by atoms with Crippen LogP contribution in [0.5, 0.6) is 0 Å². The van der Waals surface area contributed by atoms with Crippen molar-refractivity contribution in [1.82, 2.24) is 5.32 Å². The third kappa shape index (κ3) is 4.50. The fourth-order valence-corrected chi connectivity index (χ4v) is 2.16. The van der Waals surface area contributed by atoms with Crippen LogP contribution < -0.4 is 10.6 Å². The summed E-state index contributed by atoms with van der Waals surface area (Å²) in [5.41, 5.74) is 1.57. The minimum absolute atomic E-state index is 0.381. The van der Waals surface area contributed by atoms with Gasteiger partial charge in [0.05, 0.1) is 12.1 Å². The number of nitrogens with one attached hydrogen (secondary N) is 2. The number of aliphatic hydroxyl groups is 1. The second-order valence-corrected chi connectivity index (χ2v) is 5.34. The van der Waals surface area contributed by atoms with Gasteiger partial charge in [-0.15, -0.1) is 0 Å². The second kappa shape index (κ2) is 7.19. The second-order valence-electron chi connectivity index (χ2n) is 5.34. The van der Waals surface area contributed by atoms with Gasteiger partial charge in [-0.05, 0) is 55.3 Å². The number of hydrogen-bond acceptors (Lipinski definition) is 2. The van der Waals surface area contributed by atoms with Crippen LogP contribution >= 0.6 is 0 Å². The van der Waals surface area contributed by atoms with Crippen LogP contribution in [0.4, 0.5) is 19.3 Å². The van der Waals surface area contributed by atoms with Gasteiger partial charge in [0.1, 0.15) is 11.6 Å². The molecule has 122 valence electrons. The number of anilines is 1. The molecular formula is C17H18F2N2O2. The van der Waals surface area contributed by atoms with Gasteiger partial charge in [0.2, 0.25) is 0 Å². The fraction of sp³-hybridized carbons (Fsp3) is 0.235. The summed E-state index contributed by atoms with van der Waals surface area (Å²) in [7, 11) is 0. The van der Waals surface area contributed by atoms with E-state index >= 15 is 0 Å². The van der Waals surface area contributed by atoms with Crippen molar-refractivity contribution in [3.05, 3.63) is 65.2 Å². The summed E-state index contributed by atoms with van der Waals surface area (Å²) < 4.78 is 25.9. The number of carbonyl (C=O) groups excluding carboxylic acids is 1. The number of amides is 2. The number of urea groups is 1. The van der Waals surface area contributed by atoms with E-state index in [1.807, 2.05) is 0 Å². The molecule has 4 nitrogen and oxygen atoms in total. The lowest BCUT2D eigenvalue weighted by Crippen LogP contribution is -2.39. The molecule has 0 aliphatic rings. The molecule has 23 heavy (non-hydrogen) atoms. The average Bonchev–Trinajstić information content (AvgIpc) is 2.50. The fourth-order valence-electron chi connectivity index (χ4n) is 2.16. The van der Waals surface area contributed by atoms with Crippen molar-refractivity contribution >= 4 is 11.7 Å². The predicted octanol–water partition coefficient (Wildman–Crippen LogP) is 3.52. The van der Waals surface area contributed by atoms with E-state index < -0.39 is 24.0 Å². The molecule has 2 aromatic rings. The molecule has 2 atom stereocenters. The highest BCUT2D eigenvalue weighted by Gasteiger charge is 2.18. The number of aryl methyl sites for hydroxylation is 1. The lowest BCUT2D eigenvalue weighted by molar-refractivity contribution is 0.139. The van der Waals surface area contributed by atoms with Crippen molar-refractivity contribution in [1.29, 1.82) is 0 Å². The number of carbonyl (C=O) groups is 1. The molecule has 0 heterocycles. The molecule has 2 aromatic carbocycles. The largest absolute Gasteiger partial charge is 0.386 e. The molecule has 0 saturated heterocycles. The summed E-state index contributed by atoms with van der Waals surface area (Å²) in [6, 6.07) is 8.31. The molecular weight excluding hydrogens is 302 g/mol. The predicted molar refractivity (Wildman–Crippen MR) is 84.1 cm³/mol. The Balaban J connectivity index is 1.97. The van der Waals surface area contributed by atoms with Gasteiger partial charge in [0, 0.05) is 5.69 Å². The molecule has 0 aliphatic heterocycles. The zero-order chi connectivity index (χ0) is 17.0. The van der Waals surface area contributed by atoms with Crippen LogP contribution in [0.2, 0.25) is 0 Å². The summed E-state index contributed by atoms with van der Waals surface area (Å²) in [4.78, 5) is 12.0. The van der Waals surface area contributed by atoms with Gasteiger partial charge in [-0.1, -0.05) is 12.1 Å². The molecule has 0 aliphatic carbocycles. The minimum Gasteiger partial charge on any atom is -0.386 e. The van der Waals surface area contributed by atoms with E-state index in [0.717, 1.165) is 0 Å². The Labute approximate surface area is 133 Å². The highest BCUT2D eigenvalue weighted by molar-refractivity contribution is 5.90. The zero-order valence-corrected chi connectivity index (χ0v) is 12.8. The molecule has 2 amide bonds. The Morgan fingerprint density at radius 1 is 1.09 bits per heavy atom. The molecule has 0 bridgehead atoms. The SMILES string of the molecule is Cc1cc(F)ccc1NC(=O)NC(C)C(O)c1ccc(F)cc1. The summed E-state index contributed by atoms with van der Waals surface area (Å²) in [6.45, 7) is 3.31. The molecule has 6 heteroatoms. The van der Waals surface area contributed by atoms with E-state index in [9.17, 15) is 18.7 Å². The molecule has 0 aromatic heterocycles. The standard InChI is InChI=1S/C17H18F2N2O2/c1-10-9-14(19)7-8-15(10)21-17(23)20-11(2)16(22)12-3-5-13(18)6-4-12/h3-9,11,16,22H,1-2H3,(H2,20,21,23). The maximum Gasteiger partial charge on any atom is 0.319 e. The van der Waals surface area contributed by atoms with Crippen molar-refractivity contribution < 1.29 is 18.7 Å². The minimum atomic E-state index is -0.976. The van der Waals surface area contributed by atoms with Crippen molar-refractivity contribution in [2.24, 2.45) is 0 Å². The van der Waals surface area contributed by atoms with Crippen LogP contribution in [-0.2, 0) is 0 Å². The first-order chi connectivity index (χ1) is 10.9. The van der Waals surface area contributed by atoms with E-state index in [0.29, 0.717) is 16.8 Å². The van der Waals surface area contributed by atoms with Gasteiger partial charge < -0.3 is 15.7 Å². The van der Waals surface area contributed by atoms with Crippen LogP contribution in [0.1, 0.15) is 24.2 Å². The Morgan fingerprint density at radius 2 is 1.70 bits per heavy atom. The Kier molecular flexibility index (Phi) is 5.28. The Bertz CT molecular complexity index is 689. The number of rotatable bonds is 4. The Hall–Kier alpha value is -2.47. The first kappa shape index (κ1) is 16.9. The summed E-state index contributed by atoms with van der Waals surface area (Å²) in [5.74, 6) is -0.778. The lowest BCUT2D eigenvalue weighted by atomic mass is 10.0. The van der Waals surface area contributed by atoms with Crippen LogP contribution in [-0.4, -0.2) is 17.2 Å². The smallest absolute Gasteiger partial charge is 0.319 e.